The molecule has 1 amide bonds. The molecule has 2 heterocycles. The number of hydrogen-bond acceptors (Lipinski definition) is 3. The van der Waals surface area contributed by atoms with Crippen molar-refractivity contribution in [2.75, 3.05) is 11.4 Å². The van der Waals surface area contributed by atoms with Gasteiger partial charge in [0.2, 0.25) is 0 Å². The number of halogens is 1. The topological polar surface area (TPSA) is 47.3 Å². The molecule has 2 aliphatic heterocycles. The number of rotatable bonds is 3. The Balaban J connectivity index is 1.54. The Labute approximate surface area is 164 Å². The summed E-state index contributed by atoms with van der Waals surface area (Å²) in [4.78, 5) is 16.7. The fourth-order valence-corrected chi connectivity index (χ4v) is 4.46. The molecule has 2 atom stereocenters. The summed E-state index contributed by atoms with van der Waals surface area (Å²) in [6.45, 7) is 3.75. The van der Waals surface area contributed by atoms with Gasteiger partial charge in [0.25, 0.3) is 5.91 Å². The van der Waals surface area contributed by atoms with Crippen LogP contribution in [0, 0.1) is 17.1 Å². The summed E-state index contributed by atoms with van der Waals surface area (Å²) >= 11 is 0. The number of carbonyl (C=O) groups is 1. The quantitative estimate of drug-likeness (QED) is 0.814. The molecule has 0 aromatic heterocycles. The molecule has 1 spiro atoms. The van der Waals surface area contributed by atoms with Crippen LogP contribution < -0.4 is 4.90 Å². The number of piperidine rings is 1. The summed E-state index contributed by atoms with van der Waals surface area (Å²) in [6.07, 6.45) is 5.17. The zero-order valence-electron chi connectivity index (χ0n) is 15.8. The predicted octanol–water partition coefficient (Wildman–Crippen LogP) is 4.02. The highest BCUT2D eigenvalue weighted by molar-refractivity contribution is 6.06. The third-order valence-corrected chi connectivity index (χ3v) is 5.81. The van der Waals surface area contributed by atoms with Crippen LogP contribution in [0.15, 0.2) is 60.7 Å². The molecule has 142 valence electrons. The molecule has 1 fully saturated rings. The van der Waals surface area contributed by atoms with E-state index in [1.54, 1.807) is 23.1 Å². The first-order chi connectivity index (χ1) is 13.5. The molecule has 5 heteroatoms. The standard InChI is InChI=1S/C23H22FN3O/c1-17-14-23(9-8-22(28)27(23)21-7-3-6-20(24)13-21)10-11-26(17)16-19-5-2-4-18(12-19)15-25/h2-9,12-13,17H,10-11,14,16H2,1H3. The fraction of sp³-hybridized carbons (Fsp3) is 0.304. The van der Waals surface area contributed by atoms with Crippen LogP contribution in [-0.2, 0) is 11.3 Å². The largest absolute Gasteiger partial charge is 0.299 e. The number of hydrogen-bond donors (Lipinski definition) is 0. The predicted molar refractivity (Wildman–Crippen MR) is 106 cm³/mol. The molecule has 28 heavy (non-hydrogen) atoms. The van der Waals surface area contributed by atoms with E-state index in [9.17, 15) is 9.18 Å². The van der Waals surface area contributed by atoms with E-state index in [4.69, 9.17) is 5.26 Å². The van der Waals surface area contributed by atoms with Gasteiger partial charge in [-0.1, -0.05) is 24.3 Å². The first kappa shape index (κ1) is 18.4. The second kappa shape index (κ2) is 7.21. The molecular formula is C23H22FN3O. The maximum absolute atomic E-state index is 13.8. The van der Waals surface area contributed by atoms with Crippen LogP contribution in [0.5, 0.6) is 0 Å². The van der Waals surface area contributed by atoms with Crippen LogP contribution in [0.3, 0.4) is 0 Å². The van der Waals surface area contributed by atoms with E-state index in [0.29, 0.717) is 11.3 Å². The number of likely N-dealkylation sites (tertiary alicyclic amines) is 1. The van der Waals surface area contributed by atoms with Gasteiger partial charge in [0.05, 0.1) is 17.2 Å². The van der Waals surface area contributed by atoms with Crippen molar-refractivity contribution in [3.63, 3.8) is 0 Å². The van der Waals surface area contributed by atoms with Crippen molar-refractivity contribution in [2.45, 2.75) is 37.9 Å². The summed E-state index contributed by atoms with van der Waals surface area (Å²) < 4.78 is 13.8. The van der Waals surface area contributed by atoms with Crippen LogP contribution in [0.1, 0.15) is 30.9 Å². The lowest BCUT2D eigenvalue weighted by Gasteiger charge is -2.47. The van der Waals surface area contributed by atoms with Gasteiger partial charge in [0.1, 0.15) is 5.82 Å². The summed E-state index contributed by atoms with van der Waals surface area (Å²) in [7, 11) is 0. The first-order valence-electron chi connectivity index (χ1n) is 9.53. The van der Waals surface area contributed by atoms with E-state index >= 15 is 0 Å². The highest BCUT2D eigenvalue weighted by Gasteiger charge is 2.46. The Bertz CT molecular complexity index is 980. The molecule has 2 unspecified atom stereocenters. The second-order valence-corrected chi connectivity index (χ2v) is 7.68. The zero-order valence-corrected chi connectivity index (χ0v) is 15.8. The van der Waals surface area contributed by atoms with Gasteiger partial charge in [-0.3, -0.25) is 14.6 Å². The van der Waals surface area contributed by atoms with Crippen molar-refractivity contribution < 1.29 is 9.18 Å². The minimum atomic E-state index is -0.407. The molecule has 2 aliphatic rings. The van der Waals surface area contributed by atoms with Gasteiger partial charge in [-0.05, 0) is 55.7 Å². The van der Waals surface area contributed by atoms with Crippen molar-refractivity contribution in [3.05, 3.63) is 77.6 Å². The SMILES string of the molecule is CC1CC2(C=CC(=O)N2c2cccc(F)c2)CCN1Cc1cccc(C#N)c1. The molecule has 0 radical (unpaired) electrons. The van der Waals surface area contributed by atoms with E-state index in [1.165, 1.54) is 12.1 Å². The number of nitrogens with zero attached hydrogens (tertiary/aromatic N) is 3. The first-order valence-corrected chi connectivity index (χ1v) is 9.53. The van der Waals surface area contributed by atoms with Gasteiger partial charge >= 0.3 is 0 Å². The molecule has 4 nitrogen and oxygen atoms in total. The van der Waals surface area contributed by atoms with Crippen molar-refractivity contribution in [1.82, 2.24) is 4.90 Å². The monoisotopic (exact) mass is 375 g/mol. The van der Waals surface area contributed by atoms with Gasteiger partial charge in [0.15, 0.2) is 0 Å². The molecule has 2 aromatic rings. The number of anilines is 1. The summed E-state index contributed by atoms with van der Waals surface area (Å²) in [5.41, 5.74) is 1.98. The molecule has 0 bridgehead atoms. The average Bonchev–Trinajstić information content (AvgIpc) is 3.00. The molecule has 4 rings (SSSR count). The van der Waals surface area contributed by atoms with Crippen LogP contribution in [0.2, 0.25) is 0 Å². The third kappa shape index (κ3) is 3.32. The van der Waals surface area contributed by atoms with Gasteiger partial charge in [-0.25, -0.2) is 4.39 Å². The Kier molecular flexibility index (Phi) is 4.74. The molecule has 0 saturated carbocycles. The van der Waals surface area contributed by atoms with Crippen LogP contribution in [0.4, 0.5) is 10.1 Å². The van der Waals surface area contributed by atoms with E-state index in [0.717, 1.165) is 31.5 Å². The average molecular weight is 375 g/mol. The normalized spacial score (nSPS) is 24.7. The molecule has 0 N–H and O–H groups in total. The van der Waals surface area contributed by atoms with Gasteiger partial charge < -0.3 is 0 Å². The van der Waals surface area contributed by atoms with E-state index in [1.807, 2.05) is 30.3 Å². The van der Waals surface area contributed by atoms with Crippen molar-refractivity contribution in [2.24, 2.45) is 0 Å². The fourth-order valence-electron chi connectivity index (χ4n) is 4.46. The Morgan fingerprint density at radius 1 is 1.25 bits per heavy atom. The lowest BCUT2D eigenvalue weighted by atomic mass is 9.82. The summed E-state index contributed by atoms with van der Waals surface area (Å²) in [6, 6.07) is 16.4. The molecule has 2 aromatic carbocycles. The molecular weight excluding hydrogens is 353 g/mol. The van der Waals surface area contributed by atoms with Crippen LogP contribution >= 0.6 is 0 Å². The maximum Gasteiger partial charge on any atom is 0.251 e. The van der Waals surface area contributed by atoms with Crippen molar-refractivity contribution >= 4 is 11.6 Å². The van der Waals surface area contributed by atoms with E-state index in [2.05, 4.69) is 17.9 Å². The zero-order chi connectivity index (χ0) is 19.7. The lowest BCUT2D eigenvalue weighted by Crippen LogP contribution is -2.56. The minimum Gasteiger partial charge on any atom is -0.299 e. The van der Waals surface area contributed by atoms with Crippen LogP contribution in [-0.4, -0.2) is 28.9 Å². The summed E-state index contributed by atoms with van der Waals surface area (Å²) in [5.74, 6) is -0.428. The lowest BCUT2D eigenvalue weighted by molar-refractivity contribution is -0.114. The van der Waals surface area contributed by atoms with E-state index < -0.39 is 5.54 Å². The Morgan fingerprint density at radius 3 is 2.82 bits per heavy atom. The van der Waals surface area contributed by atoms with Crippen molar-refractivity contribution in [1.29, 1.82) is 5.26 Å². The number of amides is 1. The Hall–Kier alpha value is -2.97. The molecule has 1 saturated heterocycles. The smallest absolute Gasteiger partial charge is 0.251 e. The van der Waals surface area contributed by atoms with Gasteiger partial charge in [-0.15, -0.1) is 0 Å². The highest BCUT2D eigenvalue weighted by Crippen LogP contribution is 2.40. The maximum atomic E-state index is 13.8. The highest BCUT2D eigenvalue weighted by atomic mass is 19.1. The van der Waals surface area contributed by atoms with Gasteiger partial charge in [0, 0.05) is 30.9 Å². The number of carbonyl (C=O) groups excluding carboxylic acids is 1. The number of benzene rings is 2. The van der Waals surface area contributed by atoms with Crippen LogP contribution in [0.25, 0.3) is 0 Å². The second-order valence-electron chi connectivity index (χ2n) is 7.68. The van der Waals surface area contributed by atoms with E-state index in [-0.39, 0.29) is 17.8 Å². The van der Waals surface area contributed by atoms with Gasteiger partial charge in [-0.2, -0.15) is 5.26 Å². The van der Waals surface area contributed by atoms with Crippen molar-refractivity contribution in [3.8, 4) is 6.07 Å². The summed E-state index contributed by atoms with van der Waals surface area (Å²) in [5, 5.41) is 9.11. The minimum absolute atomic E-state index is 0.0898. The number of nitriles is 1. The molecule has 0 aliphatic carbocycles. The third-order valence-electron chi connectivity index (χ3n) is 5.81. The Morgan fingerprint density at radius 2 is 2.07 bits per heavy atom.